The minimum absolute atomic E-state index is 0.270. The van der Waals surface area contributed by atoms with Crippen LogP contribution in [0.1, 0.15) is 38.7 Å². The lowest BCUT2D eigenvalue weighted by atomic mass is 9.77. The van der Waals surface area contributed by atoms with Crippen LogP contribution in [0.5, 0.6) is 0 Å². The van der Waals surface area contributed by atoms with Gasteiger partial charge >= 0.3 is 6.09 Å². The fourth-order valence-electron chi connectivity index (χ4n) is 2.14. The van der Waals surface area contributed by atoms with Gasteiger partial charge in [0.2, 0.25) is 0 Å². The van der Waals surface area contributed by atoms with Gasteiger partial charge in [-0.2, -0.15) is 5.26 Å². The molecule has 1 rings (SSSR count). The molecule has 0 aliphatic carbocycles. The van der Waals surface area contributed by atoms with Crippen molar-refractivity contribution >= 4 is 6.09 Å². The molecule has 0 spiro atoms. The Morgan fingerprint density at radius 3 is 2.60 bits per heavy atom. The van der Waals surface area contributed by atoms with Gasteiger partial charge < -0.3 is 10.1 Å². The molecule has 4 nitrogen and oxygen atoms in total. The van der Waals surface area contributed by atoms with Crippen molar-refractivity contribution in [3.05, 3.63) is 35.9 Å². The van der Waals surface area contributed by atoms with E-state index in [4.69, 9.17) is 4.74 Å². The molecule has 1 atom stereocenters. The summed E-state index contributed by atoms with van der Waals surface area (Å²) < 4.78 is 4.86. The second kappa shape index (κ2) is 8.21. The number of rotatable bonds is 7. The summed E-state index contributed by atoms with van der Waals surface area (Å²) in [4.78, 5) is 11.5. The molecule has 0 heterocycles. The largest absolute Gasteiger partial charge is 0.450 e. The van der Waals surface area contributed by atoms with Crippen LogP contribution < -0.4 is 5.32 Å². The first-order chi connectivity index (χ1) is 9.68. The highest BCUT2D eigenvalue weighted by Crippen LogP contribution is 2.29. The Balaban J connectivity index is 2.89. The molecule has 0 aliphatic rings. The zero-order valence-corrected chi connectivity index (χ0v) is 12.2. The van der Waals surface area contributed by atoms with Crippen molar-refractivity contribution in [2.75, 3.05) is 13.2 Å². The Bertz CT molecular complexity index is 453. The molecule has 1 N–H and O–H groups in total. The van der Waals surface area contributed by atoms with E-state index in [0.29, 0.717) is 6.61 Å². The van der Waals surface area contributed by atoms with Crippen LogP contribution in [0, 0.1) is 11.3 Å². The van der Waals surface area contributed by atoms with E-state index in [9.17, 15) is 10.1 Å². The maximum absolute atomic E-state index is 11.5. The zero-order chi connectivity index (χ0) is 14.8. The fourth-order valence-corrected chi connectivity index (χ4v) is 2.14. The van der Waals surface area contributed by atoms with E-state index < -0.39 is 11.5 Å². The first-order valence-electron chi connectivity index (χ1n) is 7.06. The Labute approximate surface area is 120 Å². The molecule has 0 bridgehead atoms. The Morgan fingerprint density at radius 1 is 1.35 bits per heavy atom. The van der Waals surface area contributed by atoms with E-state index in [-0.39, 0.29) is 6.54 Å². The summed E-state index contributed by atoms with van der Waals surface area (Å²) in [5, 5.41) is 12.4. The first-order valence-corrected chi connectivity index (χ1v) is 7.06. The minimum Gasteiger partial charge on any atom is -0.450 e. The molecule has 0 saturated heterocycles. The van der Waals surface area contributed by atoms with E-state index in [0.717, 1.165) is 24.8 Å². The summed E-state index contributed by atoms with van der Waals surface area (Å²) in [5.74, 6) is 0. The van der Waals surface area contributed by atoms with E-state index >= 15 is 0 Å². The van der Waals surface area contributed by atoms with E-state index in [2.05, 4.69) is 18.3 Å². The van der Waals surface area contributed by atoms with Crippen LogP contribution >= 0.6 is 0 Å². The molecule has 108 valence electrons. The third-order valence-electron chi connectivity index (χ3n) is 3.31. The lowest BCUT2D eigenvalue weighted by Gasteiger charge is -2.27. The summed E-state index contributed by atoms with van der Waals surface area (Å²) in [6.07, 6.45) is 2.19. The molecule has 1 unspecified atom stereocenters. The highest BCUT2D eigenvalue weighted by atomic mass is 16.5. The third-order valence-corrected chi connectivity index (χ3v) is 3.31. The van der Waals surface area contributed by atoms with Crippen LogP contribution in [0.3, 0.4) is 0 Å². The Morgan fingerprint density at radius 2 is 2.05 bits per heavy atom. The number of unbranched alkanes of at least 4 members (excludes halogenated alkanes) is 1. The van der Waals surface area contributed by atoms with E-state index in [1.165, 1.54) is 0 Å². The lowest BCUT2D eigenvalue weighted by molar-refractivity contribution is 0.150. The van der Waals surface area contributed by atoms with Gasteiger partial charge in [0.25, 0.3) is 0 Å². The van der Waals surface area contributed by atoms with Crippen LogP contribution in [0.2, 0.25) is 0 Å². The van der Waals surface area contributed by atoms with Crippen molar-refractivity contribution < 1.29 is 9.53 Å². The van der Waals surface area contributed by atoms with Gasteiger partial charge in [0.1, 0.15) is 0 Å². The lowest BCUT2D eigenvalue weighted by Crippen LogP contribution is -2.40. The molecule has 20 heavy (non-hydrogen) atoms. The highest BCUT2D eigenvalue weighted by molar-refractivity contribution is 5.67. The molecule has 0 saturated carbocycles. The molecule has 0 aliphatic heterocycles. The smallest absolute Gasteiger partial charge is 0.407 e. The van der Waals surface area contributed by atoms with Gasteiger partial charge in [-0.15, -0.1) is 0 Å². The number of nitriles is 1. The Hall–Kier alpha value is -2.02. The average Bonchev–Trinajstić information content (AvgIpc) is 2.49. The van der Waals surface area contributed by atoms with Gasteiger partial charge in [-0.25, -0.2) is 4.79 Å². The van der Waals surface area contributed by atoms with Crippen LogP contribution in [0.25, 0.3) is 0 Å². The van der Waals surface area contributed by atoms with Crippen molar-refractivity contribution in [3.8, 4) is 6.07 Å². The van der Waals surface area contributed by atoms with E-state index in [1.54, 1.807) is 6.92 Å². The maximum atomic E-state index is 11.5. The van der Waals surface area contributed by atoms with Gasteiger partial charge in [0.05, 0.1) is 18.1 Å². The second-order valence-electron chi connectivity index (χ2n) is 4.74. The minimum atomic E-state index is -0.690. The van der Waals surface area contributed by atoms with Gasteiger partial charge in [-0.05, 0) is 18.9 Å². The highest BCUT2D eigenvalue weighted by Gasteiger charge is 2.32. The van der Waals surface area contributed by atoms with Crippen molar-refractivity contribution in [3.63, 3.8) is 0 Å². The van der Waals surface area contributed by atoms with Gasteiger partial charge in [-0.3, -0.25) is 0 Å². The molecule has 4 heteroatoms. The fraction of sp³-hybridized carbons (Fsp3) is 0.500. The van der Waals surface area contributed by atoms with Crippen molar-refractivity contribution in [2.24, 2.45) is 0 Å². The van der Waals surface area contributed by atoms with Gasteiger partial charge in [0.15, 0.2) is 0 Å². The van der Waals surface area contributed by atoms with Crippen LogP contribution in [-0.4, -0.2) is 19.2 Å². The quantitative estimate of drug-likeness (QED) is 0.829. The summed E-state index contributed by atoms with van der Waals surface area (Å²) in [6, 6.07) is 12.0. The molecule has 1 aromatic carbocycles. The average molecular weight is 274 g/mol. The topological polar surface area (TPSA) is 62.1 Å². The standard InChI is InChI=1S/C16H22N2O2/c1-3-5-11-16(12-17,13-18-15(19)20-4-2)14-9-7-6-8-10-14/h6-10H,3-5,11,13H2,1-2H3,(H,18,19). The number of carbonyl (C=O) groups is 1. The van der Waals surface area contributed by atoms with E-state index in [1.807, 2.05) is 30.3 Å². The summed E-state index contributed by atoms with van der Waals surface area (Å²) >= 11 is 0. The molecular formula is C16H22N2O2. The summed E-state index contributed by atoms with van der Waals surface area (Å²) in [6.45, 7) is 4.44. The maximum Gasteiger partial charge on any atom is 0.407 e. The monoisotopic (exact) mass is 274 g/mol. The number of hydrogen-bond acceptors (Lipinski definition) is 3. The third kappa shape index (κ3) is 4.27. The van der Waals surface area contributed by atoms with Crippen molar-refractivity contribution in [2.45, 2.75) is 38.5 Å². The molecule has 1 aromatic rings. The van der Waals surface area contributed by atoms with Crippen molar-refractivity contribution in [1.29, 1.82) is 5.26 Å². The van der Waals surface area contributed by atoms with Crippen LogP contribution in [0.4, 0.5) is 4.79 Å². The summed E-state index contributed by atoms with van der Waals surface area (Å²) in [5.41, 5.74) is 0.247. The predicted octanol–water partition coefficient (Wildman–Crippen LogP) is 3.38. The SMILES string of the molecule is CCCCC(C#N)(CNC(=O)OCC)c1ccccc1. The number of nitrogens with one attached hydrogen (secondary N) is 1. The Kier molecular flexibility index (Phi) is 6.58. The number of alkyl carbamates (subject to hydrolysis) is 1. The number of ether oxygens (including phenoxy) is 1. The van der Waals surface area contributed by atoms with Crippen LogP contribution in [-0.2, 0) is 10.2 Å². The number of hydrogen-bond donors (Lipinski definition) is 1. The second-order valence-corrected chi connectivity index (χ2v) is 4.74. The number of benzene rings is 1. The van der Waals surface area contributed by atoms with Gasteiger partial charge in [-0.1, -0.05) is 50.1 Å². The summed E-state index contributed by atoms with van der Waals surface area (Å²) in [7, 11) is 0. The number of amides is 1. The molecule has 0 fully saturated rings. The van der Waals surface area contributed by atoms with Crippen molar-refractivity contribution in [1.82, 2.24) is 5.32 Å². The zero-order valence-electron chi connectivity index (χ0n) is 12.2. The van der Waals surface area contributed by atoms with Crippen LogP contribution in [0.15, 0.2) is 30.3 Å². The molecule has 1 amide bonds. The normalized spacial score (nSPS) is 13.1. The first kappa shape index (κ1) is 16.0. The molecule has 0 radical (unpaired) electrons. The number of carbonyl (C=O) groups excluding carboxylic acids is 1. The predicted molar refractivity (Wildman–Crippen MR) is 78.3 cm³/mol. The van der Waals surface area contributed by atoms with Gasteiger partial charge in [0, 0.05) is 6.54 Å². The molecular weight excluding hydrogens is 252 g/mol. The molecule has 0 aromatic heterocycles. The number of nitrogens with zero attached hydrogens (tertiary/aromatic N) is 1.